The molecule has 0 saturated carbocycles. The van der Waals surface area contributed by atoms with Crippen molar-refractivity contribution in [1.82, 2.24) is 20.7 Å². The monoisotopic (exact) mass is 470 g/mol. The molecule has 2 rings (SSSR count). The smallest absolute Gasteiger partial charge is 0.266 e. The summed E-state index contributed by atoms with van der Waals surface area (Å²) < 4.78 is 42.0. The lowest BCUT2D eigenvalue weighted by Gasteiger charge is -2.31. The molecular formula is C20H27FN4O4S2. The van der Waals surface area contributed by atoms with Gasteiger partial charge < -0.3 is 16.0 Å². The van der Waals surface area contributed by atoms with Gasteiger partial charge >= 0.3 is 0 Å². The SMILES string of the molecule is CCC1(CC(NC=O)c2ccc(F)c(S(=O)(=O)NC(=S)NC(C)C)c2)C(=O)NC=C1C. The standard InChI is InChI=1S/C20H27FN4O4S2/c1-5-20(13(4)10-22-18(20)27)9-16(23-11-26)14-6-7-15(21)17(8-14)31(28,29)25-19(30)24-12(2)3/h6-8,10-12,16H,5,9H2,1-4H3,(H,22,27)(H,23,26)(H2,24,25,30). The Balaban J connectivity index is 2.42. The van der Waals surface area contributed by atoms with E-state index in [4.69, 9.17) is 12.2 Å². The number of carbonyl (C=O) groups excluding carboxylic acids is 2. The fourth-order valence-electron chi connectivity index (χ4n) is 3.58. The number of sulfonamides is 1. The van der Waals surface area contributed by atoms with Crippen LogP contribution in [0.5, 0.6) is 0 Å². The number of nitrogens with one attached hydrogen (secondary N) is 4. The lowest BCUT2D eigenvalue weighted by atomic mass is 9.73. The first kappa shape index (κ1) is 24.7. The lowest BCUT2D eigenvalue weighted by Crippen LogP contribution is -2.42. The molecule has 0 spiro atoms. The number of halogens is 1. The molecule has 1 aromatic rings. The summed E-state index contributed by atoms with van der Waals surface area (Å²) in [6, 6.07) is 2.70. The van der Waals surface area contributed by atoms with E-state index in [0.717, 1.165) is 17.7 Å². The zero-order chi connectivity index (χ0) is 23.4. The predicted octanol–water partition coefficient (Wildman–Crippen LogP) is 1.99. The number of amides is 2. The van der Waals surface area contributed by atoms with Crippen LogP contribution in [0.25, 0.3) is 0 Å². The summed E-state index contributed by atoms with van der Waals surface area (Å²) in [6.07, 6.45) is 2.75. The second-order valence-electron chi connectivity index (χ2n) is 7.70. The summed E-state index contributed by atoms with van der Waals surface area (Å²) in [7, 11) is -4.31. The molecule has 0 saturated heterocycles. The molecular weight excluding hydrogens is 443 g/mol. The van der Waals surface area contributed by atoms with Crippen LogP contribution in [0.2, 0.25) is 0 Å². The minimum absolute atomic E-state index is 0.119. The van der Waals surface area contributed by atoms with Gasteiger partial charge in [0.1, 0.15) is 10.7 Å². The minimum atomic E-state index is -4.31. The van der Waals surface area contributed by atoms with Crippen molar-refractivity contribution in [2.45, 2.75) is 57.5 Å². The molecule has 170 valence electrons. The van der Waals surface area contributed by atoms with Gasteiger partial charge in [-0.3, -0.25) is 14.3 Å². The van der Waals surface area contributed by atoms with Crippen LogP contribution in [0.1, 0.15) is 52.1 Å². The third-order valence-electron chi connectivity index (χ3n) is 5.33. The zero-order valence-corrected chi connectivity index (χ0v) is 19.4. The first-order valence-electron chi connectivity index (χ1n) is 9.77. The van der Waals surface area contributed by atoms with E-state index < -0.39 is 32.2 Å². The van der Waals surface area contributed by atoms with Gasteiger partial charge in [0.05, 0.1) is 11.5 Å². The summed E-state index contributed by atoms with van der Waals surface area (Å²) in [6.45, 7) is 7.22. The highest BCUT2D eigenvalue weighted by Crippen LogP contribution is 2.42. The molecule has 0 fully saturated rings. The fourth-order valence-corrected chi connectivity index (χ4v) is 5.18. The Morgan fingerprint density at radius 1 is 1.35 bits per heavy atom. The number of thiocarbonyl (C=S) groups is 1. The number of benzene rings is 1. The van der Waals surface area contributed by atoms with Crippen LogP contribution >= 0.6 is 12.2 Å². The molecule has 4 N–H and O–H groups in total. The second-order valence-corrected chi connectivity index (χ2v) is 9.76. The summed E-state index contributed by atoms with van der Waals surface area (Å²) in [4.78, 5) is 23.2. The van der Waals surface area contributed by atoms with Crippen LogP contribution in [-0.2, 0) is 19.6 Å². The van der Waals surface area contributed by atoms with Crippen molar-refractivity contribution in [3.8, 4) is 0 Å². The molecule has 0 bridgehead atoms. The molecule has 8 nitrogen and oxygen atoms in total. The molecule has 0 radical (unpaired) electrons. The Morgan fingerprint density at radius 3 is 2.55 bits per heavy atom. The molecule has 31 heavy (non-hydrogen) atoms. The Kier molecular flexibility index (Phi) is 7.77. The minimum Gasteiger partial charge on any atom is -0.360 e. The van der Waals surface area contributed by atoms with Crippen LogP contribution < -0.4 is 20.7 Å². The van der Waals surface area contributed by atoms with Gasteiger partial charge in [-0.25, -0.2) is 12.8 Å². The van der Waals surface area contributed by atoms with E-state index in [9.17, 15) is 22.4 Å². The zero-order valence-electron chi connectivity index (χ0n) is 17.8. The van der Waals surface area contributed by atoms with E-state index in [-0.39, 0.29) is 23.5 Å². The number of hydrogen-bond donors (Lipinski definition) is 4. The first-order chi connectivity index (χ1) is 14.5. The Labute approximate surface area is 187 Å². The van der Waals surface area contributed by atoms with Crippen molar-refractivity contribution >= 4 is 39.7 Å². The highest BCUT2D eigenvalue weighted by Gasteiger charge is 2.43. The van der Waals surface area contributed by atoms with Crippen LogP contribution in [0.15, 0.2) is 34.9 Å². The molecule has 11 heteroatoms. The van der Waals surface area contributed by atoms with E-state index in [2.05, 4.69) is 20.7 Å². The topological polar surface area (TPSA) is 116 Å². The second kappa shape index (κ2) is 9.73. The molecule has 0 aliphatic carbocycles. The average Bonchev–Trinajstić information content (AvgIpc) is 2.95. The van der Waals surface area contributed by atoms with E-state index in [1.807, 2.05) is 13.8 Å². The van der Waals surface area contributed by atoms with E-state index in [1.165, 1.54) is 6.07 Å². The molecule has 0 aromatic heterocycles. The lowest BCUT2D eigenvalue weighted by molar-refractivity contribution is -0.128. The fraction of sp³-hybridized carbons (Fsp3) is 0.450. The molecule has 1 heterocycles. The van der Waals surface area contributed by atoms with Gasteiger partial charge in [0, 0.05) is 12.2 Å². The summed E-state index contributed by atoms with van der Waals surface area (Å²) in [5, 5.41) is 7.88. The highest BCUT2D eigenvalue weighted by atomic mass is 32.2. The number of rotatable bonds is 9. The average molecular weight is 471 g/mol. The molecule has 1 aromatic carbocycles. The third-order valence-corrected chi connectivity index (χ3v) is 7.04. The van der Waals surface area contributed by atoms with Gasteiger partial charge in [-0.15, -0.1) is 0 Å². The Bertz CT molecular complexity index is 1010. The van der Waals surface area contributed by atoms with E-state index in [0.29, 0.717) is 18.4 Å². The number of hydrogen-bond acceptors (Lipinski definition) is 5. The molecule has 1 aliphatic heterocycles. The highest BCUT2D eigenvalue weighted by molar-refractivity contribution is 7.91. The van der Waals surface area contributed by atoms with Crippen LogP contribution in [-0.4, -0.2) is 31.9 Å². The summed E-state index contributed by atoms with van der Waals surface area (Å²) in [5.74, 6) is -1.17. The van der Waals surface area contributed by atoms with Gasteiger partial charge in [-0.05, 0) is 69.1 Å². The maximum Gasteiger partial charge on any atom is 0.266 e. The molecule has 2 atom stereocenters. The first-order valence-corrected chi connectivity index (χ1v) is 11.7. The maximum atomic E-state index is 14.5. The van der Waals surface area contributed by atoms with Crippen molar-refractivity contribution in [2.75, 3.05) is 0 Å². The Morgan fingerprint density at radius 2 is 2.03 bits per heavy atom. The summed E-state index contributed by atoms with van der Waals surface area (Å²) in [5.41, 5.74) is 0.283. The van der Waals surface area contributed by atoms with Gasteiger partial charge in [0.2, 0.25) is 12.3 Å². The summed E-state index contributed by atoms with van der Waals surface area (Å²) >= 11 is 4.97. The van der Waals surface area contributed by atoms with E-state index in [1.54, 1.807) is 20.0 Å². The van der Waals surface area contributed by atoms with Crippen molar-refractivity contribution in [1.29, 1.82) is 0 Å². The quantitative estimate of drug-likeness (QED) is 0.324. The van der Waals surface area contributed by atoms with Crippen LogP contribution in [0, 0.1) is 11.2 Å². The molecule has 1 aliphatic rings. The largest absolute Gasteiger partial charge is 0.360 e. The van der Waals surface area contributed by atoms with Gasteiger partial charge in [0.15, 0.2) is 5.11 Å². The normalized spacial score (nSPS) is 19.4. The predicted molar refractivity (Wildman–Crippen MR) is 119 cm³/mol. The van der Waals surface area contributed by atoms with Crippen LogP contribution in [0.3, 0.4) is 0 Å². The number of carbonyl (C=O) groups is 2. The van der Waals surface area contributed by atoms with Crippen molar-refractivity contribution in [3.63, 3.8) is 0 Å². The third kappa shape index (κ3) is 5.40. The van der Waals surface area contributed by atoms with Crippen molar-refractivity contribution in [3.05, 3.63) is 41.4 Å². The molecule has 2 amide bonds. The molecule has 2 unspecified atom stereocenters. The van der Waals surface area contributed by atoms with Gasteiger partial charge in [-0.2, -0.15) is 0 Å². The maximum absolute atomic E-state index is 14.5. The van der Waals surface area contributed by atoms with Crippen molar-refractivity contribution < 1.29 is 22.4 Å². The Hall–Kier alpha value is -2.53. The van der Waals surface area contributed by atoms with E-state index >= 15 is 0 Å². The van der Waals surface area contributed by atoms with Gasteiger partial charge in [-0.1, -0.05) is 13.0 Å². The van der Waals surface area contributed by atoms with Gasteiger partial charge in [0.25, 0.3) is 10.0 Å². The van der Waals surface area contributed by atoms with Crippen LogP contribution in [0.4, 0.5) is 4.39 Å². The van der Waals surface area contributed by atoms with Crippen molar-refractivity contribution in [2.24, 2.45) is 5.41 Å².